The van der Waals surface area contributed by atoms with Crippen LogP contribution in [0.1, 0.15) is 20.8 Å². The van der Waals surface area contributed by atoms with Gasteiger partial charge in [0, 0.05) is 18.5 Å². The number of amides is 1. The predicted octanol–water partition coefficient (Wildman–Crippen LogP) is 2.04. The molecule has 0 spiro atoms. The zero-order valence-corrected chi connectivity index (χ0v) is 11.0. The van der Waals surface area contributed by atoms with E-state index >= 15 is 0 Å². The van der Waals surface area contributed by atoms with Crippen LogP contribution >= 0.6 is 0 Å². The summed E-state index contributed by atoms with van der Waals surface area (Å²) in [4.78, 5) is 27.3. The van der Waals surface area contributed by atoms with Gasteiger partial charge in [0.1, 0.15) is 11.2 Å². The van der Waals surface area contributed by atoms with Gasteiger partial charge in [-0.3, -0.25) is 14.5 Å². The van der Waals surface area contributed by atoms with E-state index in [0.29, 0.717) is 11.3 Å². The first kappa shape index (κ1) is 13.1. The van der Waals surface area contributed by atoms with Crippen molar-refractivity contribution in [2.45, 2.75) is 26.4 Å². The van der Waals surface area contributed by atoms with Crippen molar-refractivity contribution in [2.24, 2.45) is 0 Å². The Hall–Kier alpha value is -2.37. The van der Waals surface area contributed by atoms with Gasteiger partial charge in [-0.2, -0.15) is 0 Å². The smallest absolute Gasteiger partial charge is 0.412 e. The number of hydrogen-bond donors (Lipinski definition) is 1. The Morgan fingerprint density at radius 1 is 1.32 bits per heavy atom. The van der Waals surface area contributed by atoms with E-state index in [1.807, 2.05) is 0 Å². The van der Waals surface area contributed by atoms with E-state index in [0.717, 1.165) is 0 Å². The highest BCUT2D eigenvalue weighted by atomic mass is 16.6. The van der Waals surface area contributed by atoms with Crippen molar-refractivity contribution in [1.82, 2.24) is 9.38 Å². The number of ether oxygens (including phenoxy) is 1. The second kappa shape index (κ2) is 4.72. The Morgan fingerprint density at radius 2 is 2.05 bits per heavy atom. The number of hydrogen-bond acceptors (Lipinski definition) is 4. The third-order valence-electron chi connectivity index (χ3n) is 2.23. The van der Waals surface area contributed by atoms with Gasteiger partial charge in [-0.05, 0) is 32.9 Å². The lowest BCUT2D eigenvalue weighted by Crippen LogP contribution is -2.27. The third kappa shape index (κ3) is 3.31. The van der Waals surface area contributed by atoms with E-state index < -0.39 is 11.7 Å². The fourth-order valence-electron chi connectivity index (χ4n) is 1.53. The fourth-order valence-corrected chi connectivity index (χ4v) is 1.53. The normalized spacial score (nSPS) is 11.3. The van der Waals surface area contributed by atoms with Gasteiger partial charge < -0.3 is 4.74 Å². The summed E-state index contributed by atoms with van der Waals surface area (Å²) < 4.78 is 6.48. The van der Waals surface area contributed by atoms with Crippen molar-refractivity contribution in [3.8, 4) is 0 Å². The minimum absolute atomic E-state index is 0.210. The molecule has 0 unspecified atom stereocenters. The Morgan fingerprint density at radius 3 is 2.74 bits per heavy atom. The molecule has 0 aliphatic heterocycles. The Bertz CT molecular complexity index is 671. The Kier molecular flexibility index (Phi) is 3.25. The predicted molar refractivity (Wildman–Crippen MR) is 71.3 cm³/mol. The highest BCUT2D eigenvalue weighted by Crippen LogP contribution is 2.11. The van der Waals surface area contributed by atoms with Crippen molar-refractivity contribution < 1.29 is 9.53 Å². The van der Waals surface area contributed by atoms with Crippen LogP contribution in [0.4, 0.5) is 10.5 Å². The third-order valence-corrected chi connectivity index (χ3v) is 2.23. The molecule has 0 bridgehead atoms. The lowest BCUT2D eigenvalue weighted by atomic mass is 10.2. The van der Waals surface area contributed by atoms with Crippen molar-refractivity contribution in [3.05, 3.63) is 40.9 Å². The number of aromatic nitrogens is 2. The number of anilines is 1. The fraction of sp³-hybridized carbons (Fsp3) is 0.308. The number of fused-ring (bicyclic) bond motifs is 1. The lowest BCUT2D eigenvalue weighted by molar-refractivity contribution is 0.0636. The first-order valence-electron chi connectivity index (χ1n) is 5.83. The summed E-state index contributed by atoms with van der Waals surface area (Å²) in [5.74, 6) is 0. The molecule has 0 saturated carbocycles. The molecule has 2 rings (SSSR count). The van der Waals surface area contributed by atoms with Crippen LogP contribution in [0.2, 0.25) is 0 Å². The van der Waals surface area contributed by atoms with Crippen molar-refractivity contribution in [3.63, 3.8) is 0 Å². The van der Waals surface area contributed by atoms with Gasteiger partial charge in [-0.15, -0.1) is 0 Å². The topological polar surface area (TPSA) is 72.7 Å². The molecular formula is C13H15N3O3. The molecule has 0 aliphatic rings. The molecule has 0 aromatic carbocycles. The van der Waals surface area contributed by atoms with E-state index in [4.69, 9.17) is 4.74 Å². The summed E-state index contributed by atoms with van der Waals surface area (Å²) in [7, 11) is 0. The van der Waals surface area contributed by atoms with Crippen LogP contribution in [-0.4, -0.2) is 21.1 Å². The first-order valence-corrected chi connectivity index (χ1v) is 5.83. The summed E-state index contributed by atoms with van der Waals surface area (Å²) in [5, 5.41) is 2.57. The molecule has 0 saturated heterocycles. The van der Waals surface area contributed by atoms with Crippen molar-refractivity contribution >= 4 is 17.4 Å². The summed E-state index contributed by atoms with van der Waals surface area (Å²) in [6, 6.07) is 4.66. The second-order valence-electron chi connectivity index (χ2n) is 5.06. The molecule has 100 valence electrons. The number of rotatable bonds is 1. The minimum atomic E-state index is -0.570. The van der Waals surface area contributed by atoms with Gasteiger partial charge >= 0.3 is 6.09 Å². The van der Waals surface area contributed by atoms with Crippen LogP contribution in [-0.2, 0) is 4.74 Å². The molecular weight excluding hydrogens is 246 g/mol. The number of pyridine rings is 1. The molecule has 19 heavy (non-hydrogen) atoms. The van der Waals surface area contributed by atoms with Crippen LogP contribution in [0, 0.1) is 0 Å². The summed E-state index contributed by atoms with van der Waals surface area (Å²) in [6.45, 7) is 5.34. The van der Waals surface area contributed by atoms with Crippen LogP contribution in [0.15, 0.2) is 35.4 Å². The maximum atomic E-state index is 11.6. The van der Waals surface area contributed by atoms with Gasteiger partial charge in [-0.1, -0.05) is 0 Å². The molecule has 0 atom stereocenters. The summed E-state index contributed by atoms with van der Waals surface area (Å²) in [5.41, 5.74) is 0.205. The molecule has 2 aromatic rings. The first-order chi connectivity index (χ1) is 8.85. The van der Waals surface area contributed by atoms with Gasteiger partial charge in [0.2, 0.25) is 0 Å². The van der Waals surface area contributed by atoms with E-state index in [-0.39, 0.29) is 5.56 Å². The molecule has 6 nitrogen and oxygen atoms in total. The van der Waals surface area contributed by atoms with Gasteiger partial charge in [0.25, 0.3) is 5.56 Å². The SMILES string of the molecule is CC(C)(C)OC(=O)Nc1ccc2nccc(=O)n2c1. The number of carbonyl (C=O) groups excluding carboxylic acids is 1. The van der Waals surface area contributed by atoms with Gasteiger partial charge in [-0.25, -0.2) is 9.78 Å². The highest BCUT2D eigenvalue weighted by Gasteiger charge is 2.16. The molecule has 2 aromatic heterocycles. The molecule has 2 heterocycles. The molecule has 6 heteroatoms. The number of carbonyl (C=O) groups is 1. The van der Waals surface area contributed by atoms with E-state index in [1.54, 1.807) is 32.9 Å². The maximum Gasteiger partial charge on any atom is 0.412 e. The quantitative estimate of drug-likeness (QED) is 0.852. The standard InChI is InChI=1S/C13H15N3O3/c1-13(2,3)19-12(18)15-9-4-5-10-14-7-6-11(17)16(10)8-9/h4-8H,1-3H3,(H,15,18). The molecule has 1 amide bonds. The van der Waals surface area contributed by atoms with Crippen LogP contribution in [0.5, 0.6) is 0 Å². The Balaban J connectivity index is 2.25. The molecule has 0 fully saturated rings. The minimum Gasteiger partial charge on any atom is -0.444 e. The monoisotopic (exact) mass is 261 g/mol. The largest absolute Gasteiger partial charge is 0.444 e. The molecule has 0 aliphatic carbocycles. The van der Waals surface area contributed by atoms with Crippen LogP contribution in [0.3, 0.4) is 0 Å². The summed E-state index contributed by atoms with van der Waals surface area (Å²) >= 11 is 0. The lowest BCUT2D eigenvalue weighted by Gasteiger charge is -2.19. The van der Waals surface area contributed by atoms with Gasteiger partial charge in [0.15, 0.2) is 0 Å². The van der Waals surface area contributed by atoms with Crippen molar-refractivity contribution in [1.29, 1.82) is 0 Å². The number of nitrogens with one attached hydrogen (secondary N) is 1. The zero-order valence-electron chi connectivity index (χ0n) is 11.0. The highest BCUT2D eigenvalue weighted by molar-refractivity contribution is 5.84. The molecule has 1 N–H and O–H groups in total. The van der Waals surface area contributed by atoms with E-state index in [1.165, 1.54) is 22.9 Å². The Labute approximate surface area is 110 Å². The zero-order chi connectivity index (χ0) is 14.0. The number of nitrogens with zero attached hydrogens (tertiary/aromatic N) is 2. The second-order valence-corrected chi connectivity index (χ2v) is 5.06. The van der Waals surface area contributed by atoms with Crippen LogP contribution in [0.25, 0.3) is 5.65 Å². The van der Waals surface area contributed by atoms with E-state index in [2.05, 4.69) is 10.3 Å². The maximum absolute atomic E-state index is 11.6. The van der Waals surface area contributed by atoms with Crippen molar-refractivity contribution in [2.75, 3.05) is 5.32 Å². The summed E-state index contributed by atoms with van der Waals surface area (Å²) in [6.07, 6.45) is 2.39. The average molecular weight is 261 g/mol. The van der Waals surface area contributed by atoms with Crippen LogP contribution < -0.4 is 10.9 Å². The van der Waals surface area contributed by atoms with Gasteiger partial charge in [0.05, 0.1) is 5.69 Å². The average Bonchev–Trinajstić information content (AvgIpc) is 2.27. The molecule has 0 radical (unpaired) electrons. The van der Waals surface area contributed by atoms with E-state index in [9.17, 15) is 9.59 Å².